The number of fused-ring (bicyclic) bond motifs is 1. The van der Waals surface area contributed by atoms with Crippen molar-refractivity contribution < 1.29 is 4.79 Å². The van der Waals surface area contributed by atoms with Gasteiger partial charge in [-0.25, -0.2) is 14.3 Å². The Morgan fingerprint density at radius 2 is 2.00 bits per heavy atom. The average molecular weight is 273 g/mol. The molecule has 2 aliphatic rings. The molecule has 0 spiro atoms. The van der Waals surface area contributed by atoms with Crippen LogP contribution in [0.4, 0.5) is 4.79 Å². The van der Waals surface area contributed by atoms with Gasteiger partial charge in [0.1, 0.15) is 6.07 Å². The maximum atomic E-state index is 12.4. The quantitative estimate of drug-likeness (QED) is 0.765. The molecule has 2 aliphatic heterocycles. The Balaban J connectivity index is 1.68. The van der Waals surface area contributed by atoms with Gasteiger partial charge < -0.3 is 9.80 Å². The third-order valence-electron chi connectivity index (χ3n) is 4.46. The Morgan fingerprint density at radius 3 is 2.55 bits per heavy atom. The van der Waals surface area contributed by atoms with Crippen LogP contribution in [-0.4, -0.2) is 57.6 Å². The van der Waals surface area contributed by atoms with Crippen molar-refractivity contribution in [3.8, 4) is 6.07 Å². The first-order valence-corrected chi connectivity index (χ1v) is 7.07. The van der Waals surface area contributed by atoms with Crippen LogP contribution in [0.5, 0.6) is 0 Å². The Hall–Kier alpha value is -1.87. The molecule has 6 heteroatoms. The second-order valence-corrected chi connectivity index (χ2v) is 5.99. The highest BCUT2D eigenvalue weighted by Crippen LogP contribution is 2.32. The summed E-state index contributed by atoms with van der Waals surface area (Å²) in [7, 11) is 0. The Bertz CT molecular complexity index is 544. The molecule has 2 fully saturated rings. The van der Waals surface area contributed by atoms with Crippen molar-refractivity contribution in [1.82, 2.24) is 19.4 Å². The van der Waals surface area contributed by atoms with Crippen LogP contribution in [0.3, 0.4) is 0 Å². The van der Waals surface area contributed by atoms with Crippen LogP contribution in [0.1, 0.15) is 19.7 Å². The number of nitrogens with zero attached hydrogens (tertiary/aromatic N) is 5. The van der Waals surface area contributed by atoms with Crippen LogP contribution in [0.25, 0.3) is 0 Å². The van der Waals surface area contributed by atoms with Gasteiger partial charge in [-0.1, -0.05) is 0 Å². The van der Waals surface area contributed by atoms with E-state index < -0.39 is 0 Å². The number of rotatable bonds is 1. The standard InChI is InChI=1S/C14H19N5O/c1-10(2)17-6-11-8-18(9-12(11)7-17)14(20)19-4-3-16-13(19)5-15/h3-4,10-12H,6-9H2,1-2H3. The number of nitriles is 1. The van der Waals surface area contributed by atoms with E-state index in [2.05, 4.69) is 23.7 Å². The summed E-state index contributed by atoms with van der Waals surface area (Å²) in [5, 5.41) is 8.95. The van der Waals surface area contributed by atoms with Crippen LogP contribution >= 0.6 is 0 Å². The number of likely N-dealkylation sites (tertiary alicyclic amines) is 2. The maximum absolute atomic E-state index is 12.4. The molecule has 0 aliphatic carbocycles. The topological polar surface area (TPSA) is 65.2 Å². The maximum Gasteiger partial charge on any atom is 0.330 e. The number of hydrogen-bond acceptors (Lipinski definition) is 4. The highest BCUT2D eigenvalue weighted by atomic mass is 16.2. The molecule has 20 heavy (non-hydrogen) atoms. The predicted molar refractivity (Wildman–Crippen MR) is 73.0 cm³/mol. The van der Waals surface area contributed by atoms with Crippen molar-refractivity contribution in [3.63, 3.8) is 0 Å². The second kappa shape index (κ2) is 4.91. The first kappa shape index (κ1) is 13.1. The summed E-state index contributed by atoms with van der Waals surface area (Å²) in [4.78, 5) is 20.6. The molecule has 2 saturated heterocycles. The summed E-state index contributed by atoms with van der Waals surface area (Å²) in [5.74, 6) is 1.29. The lowest BCUT2D eigenvalue weighted by Crippen LogP contribution is -2.37. The molecule has 3 rings (SSSR count). The lowest BCUT2D eigenvalue weighted by molar-refractivity contribution is 0.195. The van der Waals surface area contributed by atoms with Crippen LogP contribution in [0, 0.1) is 23.2 Å². The van der Waals surface area contributed by atoms with E-state index in [0.29, 0.717) is 17.9 Å². The lowest BCUT2D eigenvalue weighted by Gasteiger charge is -2.24. The zero-order valence-corrected chi connectivity index (χ0v) is 11.9. The number of carbonyl (C=O) groups excluding carboxylic acids is 1. The van der Waals surface area contributed by atoms with Gasteiger partial charge in [0.15, 0.2) is 0 Å². The number of imidazole rings is 1. The molecule has 0 bridgehead atoms. The van der Waals surface area contributed by atoms with Gasteiger partial charge >= 0.3 is 6.03 Å². The molecule has 1 amide bonds. The molecule has 1 aromatic heterocycles. The minimum atomic E-state index is -0.121. The third kappa shape index (κ3) is 2.08. The highest BCUT2D eigenvalue weighted by Gasteiger charge is 2.42. The van der Waals surface area contributed by atoms with E-state index in [4.69, 9.17) is 5.26 Å². The van der Waals surface area contributed by atoms with Gasteiger partial charge in [0.05, 0.1) is 0 Å². The molecular formula is C14H19N5O. The van der Waals surface area contributed by atoms with E-state index in [1.807, 2.05) is 11.0 Å². The van der Waals surface area contributed by atoms with E-state index in [1.165, 1.54) is 10.8 Å². The molecular weight excluding hydrogens is 254 g/mol. The number of carbonyl (C=O) groups is 1. The fourth-order valence-electron chi connectivity index (χ4n) is 3.30. The number of hydrogen-bond donors (Lipinski definition) is 0. The summed E-state index contributed by atoms with van der Waals surface area (Å²) in [6, 6.07) is 2.40. The molecule has 0 saturated carbocycles. The minimum absolute atomic E-state index is 0.121. The van der Waals surface area contributed by atoms with E-state index in [0.717, 1.165) is 26.2 Å². The van der Waals surface area contributed by atoms with Crippen molar-refractivity contribution in [1.29, 1.82) is 5.26 Å². The van der Waals surface area contributed by atoms with Crippen molar-refractivity contribution in [3.05, 3.63) is 18.2 Å². The molecule has 106 valence electrons. The molecule has 0 N–H and O–H groups in total. The number of aromatic nitrogens is 2. The Morgan fingerprint density at radius 1 is 1.35 bits per heavy atom. The predicted octanol–water partition coefficient (Wildman–Crippen LogP) is 0.995. The molecule has 3 heterocycles. The van der Waals surface area contributed by atoms with Crippen LogP contribution in [0.2, 0.25) is 0 Å². The SMILES string of the molecule is CC(C)N1CC2CN(C(=O)n3ccnc3C#N)CC2C1. The zero-order valence-electron chi connectivity index (χ0n) is 11.9. The van der Waals surface area contributed by atoms with Gasteiger partial charge in [0.2, 0.25) is 5.82 Å². The molecule has 0 aromatic carbocycles. The Labute approximate surface area is 118 Å². The van der Waals surface area contributed by atoms with E-state index in [1.54, 1.807) is 6.20 Å². The molecule has 6 nitrogen and oxygen atoms in total. The highest BCUT2D eigenvalue weighted by molar-refractivity contribution is 5.78. The van der Waals surface area contributed by atoms with Gasteiger partial charge in [0.25, 0.3) is 0 Å². The lowest BCUT2D eigenvalue weighted by atomic mass is 10.0. The number of amides is 1. The third-order valence-corrected chi connectivity index (χ3v) is 4.46. The normalized spacial score (nSPS) is 26.0. The monoisotopic (exact) mass is 273 g/mol. The van der Waals surface area contributed by atoms with Crippen molar-refractivity contribution >= 4 is 6.03 Å². The summed E-state index contributed by atoms with van der Waals surface area (Å²) < 4.78 is 1.35. The van der Waals surface area contributed by atoms with Crippen LogP contribution < -0.4 is 0 Å². The molecule has 1 aromatic rings. The van der Waals surface area contributed by atoms with E-state index in [-0.39, 0.29) is 11.9 Å². The molecule has 0 radical (unpaired) electrons. The summed E-state index contributed by atoms with van der Waals surface area (Å²) in [5.41, 5.74) is 0. The van der Waals surface area contributed by atoms with Gasteiger partial charge in [-0.05, 0) is 25.7 Å². The van der Waals surface area contributed by atoms with E-state index >= 15 is 0 Å². The first-order chi connectivity index (χ1) is 9.60. The van der Waals surface area contributed by atoms with Gasteiger partial charge in [0, 0.05) is 44.6 Å². The van der Waals surface area contributed by atoms with Crippen molar-refractivity contribution in [2.24, 2.45) is 11.8 Å². The summed E-state index contributed by atoms with van der Waals surface area (Å²) in [6.07, 6.45) is 3.06. The van der Waals surface area contributed by atoms with Gasteiger partial charge in [-0.2, -0.15) is 5.26 Å². The molecule has 2 atom stereocenters. The largest absolute Gasteiger partial charge is 0.330 e. The van der Waals surface area contributed by atoms with Crippen LogP contribution in [0.15, 0.2) is 12.4 Å². The van der Waals surface area contributed by atoms with Crippen molar-refractivity contribution in [2.45, 2.75) is 19.9 Å². The van der Waals surface area contributed by atoms with Gasteiger partial charge in [-0.15, -0.1) is 0 Å². The van der Waals surface area contributed by atoms with Gasteiger partial charge in [-0.3, -0.25) is 0 Å². The summed E-state index contributed by atoms with van der Waals surface area (Å²) >= 11 is 0. The fourth-order valence-corrected chi connectivity index (χ4v) is 3.30. The molecule has 2 unspecified atom stereocenters. The van der Waals surface area contributed by atoms with E-state index in [9.17, 15) is 4.79 Å². The minimum Gasteiger partial charge on any atom is -0.323 e. The second-order valence-electron chi connectivity index (χ2n) is 5.99. The smallest absolute Gasteiger partial charge is 0.323 e. The average Bonchev–Trinajstić information content (AvgIpc) is 3.10. The van der Waals surface area contributed by atoms with Crippen molar-refractivity contribution in [2.75, 3.05) is 26.2 Å². The fraction of sp³-hybridized carbons (Fsp3) is 0.643. The first-order valence-electron chi connectivity index (χ1n) is 7.07. The van der Waals surface area contributed by atoms with Crippen LogP contribution in [-0.2, 0) is 0 Å². The Kier molecular flexibility index (Phi) is 3.22. The summed E-state index contributed by atoms with van der Waals surface area (Å²) in [6.45, 7) is 8.15. The zero-order chi connectivity index (χ0) is 14.3.